The summed E-state index contributed by atoms with van der Waals surface area (Å²) in [6.45, 7) is 3.09. The van der Waals surface area contributed by atoms with Gasteiger partial charge < -0.3 is 14.6 Å². The highest BCUT2D eigenvalue weighted by atomic mass is 16.6. The molecule has 0 fully saturated rings. The van der Waals surface area contributed by atoms with E-state index in [9.17, 15) is 14.7 Å². The van der Waals surface area contributed by atoms with Crippen LogP contribution in [-0.2, 0) is 19.1 Å². The molecule has 5 heteroatoms. The van der Waals surface area contributed by atoms with Crippen LogP contribution in [0.5, 0.6) is 0 Å². The third-order valence-electron chi connectivity index (χ3n) is 4.00. The average Bonchev–Trinajstić information content (AvgIpc) is 2.90. The Morgan fingerprint density at radius 1 is 0.781 bits per heavy atom. The van der Waals surface area contributed by atoms with Crippen LogP contribution < -0.4 is 0 Å². The predicted octanol–water partition coefficient (Wildman–Crippen LogP) is 6.38. The molecular formula is C27H44O5. The van der Waals surface area contributed by atoms with Crippen molar-refractivity contribution < 1.29 is 35.1 Å². The SMILES string of the molecule is [3H]/C(CCCCC)=C(\[3H])C/C([3H])=C(/[3H])C/C([3H])=C(/[3H])C/C([3H])=C(/[3H])CCCC(=O)O[C@H](CO)COC(=O)CCC. The zero-order valence-corrected chi connectivity index (χ0v) is 19.6. The third-order valence-corrected chi connectivity index (χ3v) is 4.00. The summed E-state index contributed by atoms with van der Waals surface area (Å²) in [4.78, 5) is 23.4. The van der Waals surface area contributed by atoms with Gasteiger partial charge in [-0.3, -0.25) is 9.59 Å². The first-order valence-electron chi connectivity index (χ1n) is 15.4. The molecule has 182 valence electrons. The van der Waals surface area contributed by atoms with Gasteiger partial charge in [0, 0.05) is 12.8 Å². The van der Waals surface area contributed by atoms with Gasteiger partial charge in [0.2, 0.25) is 0 Å². The van der Waals surface area contributed by atoms with Crippen molar-refractivity contribution in [3.05, 3.63) is 48.4 Å². The van der Waals surface area contributed by atoms with E-state index in [1.807, 2.05) is 13.8 Å². The highest BCUT2D eigenvalue weighted by Gasteiger charge is 2.15. The Bertz CT molecular complexity index is 943. The van der Waals surface area contributed by atoms with Gasteiger partial charge in [-0.1, -0.05) is 75.1 Å². The molecule has 32 heavy (non-hydrogen) atoms. The molecule has 1 atom stereocenters. The molecule has 0 aliphatic carbocycles. The molecule has 0 bridgehead atoms. The molecular weight excluding hydrogens is 404 g/mol. The number of esters is 2. The number of hydrogen-bond acceptors (Lipinski definition) is 5. The summed E-state index contributed by atoms with van der Waals surface area (Å²) in [5.41, 5.74) is 0. The lowest BCUT2D eigenvalue weighted by Gasteiger charge is -2.15. The molecule has 0 amide bonds. The van der Waals surface area contributed by atoms with E-state index < -0.39 is 24.6 Å². The topological polar surface area (TPSA) is 72.8 Å². The molecule has 0 aromatic heterocycles. The summed E-state index contributed by atoms with van der Waals surface area (Å²) in [6, 6.07) is -1.18. The Balaban J connectivity index is 4.87. The second-order valence-electron chi connectivity index (χ2n) is 6.98. The molecule has 0 aromatic rings. The van der Waals surface area contributed by atoms with Crippen LogP contribution in [0.1, 0.15) is 102 Å². The van der Waals surface area contributed by atoms with Gasteiger partial charge in [0.15, 0.2) is 6.10 Å². The minimum atomic E-state index is -0.985. The van der Waals surface area contributed by atoms with Crippen molar-refractivity contribution in [1.82, 2.24) is 0 Å². The van der Waals surface area contributed by atoms with Gasteiger partial charge in [-0.15, -0.1) is 0 Å². The van der Waals surface area contributed by atoms with Gasteiger partial charge in [0.05, 0.1) is 17.6 Å². The Kier molecular flexibility index (Phi) is 13.5. The molecule has 0 aliphatic rings. The number of unbranched alkanes of at least 4 members (excludes halogenated alkanes) is 2. The summed E-state index contributed by atoms with van der Waals surface area (Å²) in [6.07, 6.45) is 2.35. The summed E-state index contributed by atoms with van der Waals surface area (Å²) < 4.78 is 74.1. The molecule has 5 nitrogen and oxygen atoms in total. The monoisotopic (exact) mass is 464 g/mol. The van der Waals surface area contributed by atoms with E-state index in [0.717, 1.165) is 19.3 Å². The van der Waals surface area contributed by atoms with Crippen LogP contribution in [0.3, 0.4) is 0 Å². The Morgan fingerprint density at radius 3 is 1.88 bits per heavy atom. The molecule has 1 N–H and O–H groups in total. The maximum absolute atomic E-state index is 12.0. The fourth-order valence-corrected chi connectivity index (χ4v) is 2.30. The minimum absolute atomic E-state index is 0.0335. The minimum Gasteiger partial charge on any atom is -0.462 e. The number of carbonyl (C=O) groups is 2. The summed E-state index contributed by atoms with van der Waals surface area (Å²) in [7, 11) is 0. The molecule has 0 radical (unpaired) electrons. The fourth-order valence-electron chi connectivity index (χ4n) is 2.30. The van der Waals surface area contributed by atoms with Crippen molar-refractivity contribution in [2.75, 3.05) is 13.2 Å². The van der Waals surface area contributed by atoms with Crippen molar-refractivity contribution in [2.24, 2.45) is 0 Å². The fraction of sp³-hybridized carbons (Fsp3) is 0.630. The molecule has 0 rings (SSSR count). The number of ether oxygens (including phenoxy) is 2. The number of allylic oxidation sites excluding steroid dienone is 8. The van der Waals surface area contributed by atoms with Crippen LogP contribution in [0.25, 0.3) is 0 Å². The van der Waals surface area contributed by atoms with Crippen molar-refractivity contribution in [3.8, 4) is 0 Å². The van der Waals surface area contributed by atoms with E-state index >= 15 is 0 Å². The molecule has 0 aliphatic heterocycles. The van der Waals surface area contributed by atoms with Crippen LogP contribution in [0.4, 0.5) is 0 Å². The first-order chi connectivity index (χ1) is 18.9. The summed E-state index contributed by atoms with van der Waals surface area (Å²) in [5, 5.41) is 9.30. The smallest absolute Gasteiger partial charge is 0.306 e. The highest BCUT2D eigenvalue weighted by molar-refractivity contribution is 5.70. The molecule has 0 aromatic carbocycles. The van der Waals surface area contributed by atoms with E-state index in [1.165, 1.54) is 0 Å². The number of rotatable bonds is 20. The lowest BCUT2D eigenvalue weighted by atomic mass is 10.2. The third kappa shape index (κ3) is 21.1. The van der Waals surface area contributed by atoms with Crippen LogP contribution in [-0.4, -0.2) is 36.4 Å². The van der Waals surface area contributed by atoms with Crippen LogP contribution in [0, 0.1) is 0 Å². The number of hydrogen-bond donors (Lipinski definition) is 1. The predicted molar refractivity (Wildman–Crippen MR) is 131 cm³/mol. The van der Waals surface area contributed by atoms with Crippen LogP contribution in [0.15, 0.2) is 48.4 Å². The maximum Gasteiger partial charge on any atom is 0.306 e. The van der Waals surface area contributed by atoms with Crippen LogP contribution >= 0.6 is 0 Å². The van der Waals surface area contributed by atoms with E-state index in [-0.39, 0.29) is 100.0 Å². The number of carbonyl (C=O) groups excluding carboxylic acids is 2. The zero-order valence-electron chi connectivity index (χ0n) is 27.6. The van der Waals surface area contributed by atoms with Gasteiger partial charge in [0.25, 0.3) is 0 Å². The second kappa shape index (κ2) is 23.5. The Morgan fingerprint density at radius 2 is 1.34 bits per heavy atom. The van der Waals surface area contributed by atoms with E-state index in [4.69, 9.17) is 20.4 Å². The average molecular weight is 465 g/mol. The lowest BCUT2D eigenvalue weighted by Crippen LogP contribution is -2.28. The van der Waals surface area contributed by atoms with Crippen molar-refractivity contribution in [3.63, 3.8) is 0 Å². The van der Waals surface area contributed by atoms with Gasteiger partial charge in [-0.05, 0) is 51.4 Å². The molecule has 0 saturated carbocycles. The van der Waals surface area contributed by atoms with Gasteiger partial charge in [0.1, 0.15) is 6.61 Å². The highest BCUT2D eigenvalue weighted by Crippen LogP contribution is 2.04. The molecule has 0 unspecified atom stereocenters. The van der Waals surface area contributed by atoms with E-state index in [0.29, 0.717) is 12.8 Å². The standard InChI is InChI=1S/C27H44O5/c1-3-5-6-7-8-9-10-11-12-13-14-15-16-17-18-19-20-22-27(30)32-25(23-28)24-31-26(29)21-4-2/h8-9,11-12,14-15,17-18,25,28H,3-7,10,13,16,19-24H2,1-2H3/b9-8-,12-11-,15-14-,18-17-/t25-/m1/s1/i8T,9T,11T,12T,14T,15T,17T,18T. The van der Waals surface area contributed by atoms with E-state index in [2.05, 4.69) is 0 Å². The Labute approximate surface area is 206 Å². The first kappa shape index (κ1) is 18.3. The maximum atomic E-state index is 12.0. The van der Waals surface area contributed by atoms with Crippen molar-refractivity contribution in [2.45, 2.75) is 97.0 Å². The van der Waals surface area contributed by atoms with Gasteiger partial charge in [-0.25, -0.2) is 0 Å². The van der Waals surface area contributed by atoms with E-state index in [1.54, 1.807) is 0 Å². The van der Waals surface area contributed by atoms with Crippen molar-refractivity contribution >= 4 is 11.9 Å². The van der Waals surface area contributed by atoms with Gasteiger partial charge in [-0.2, -0.15) is 0 Å². The zero-order chi connectivity index (χ0) is 30.7. The summed E-state index contributed by atoms with van der Waals surface area (Å²) in [5.74, 6) is -1.10. The van der Waals surface area contributed by atoms with Crippen molar-refractivity contribution in [1.29, 1.82) is 0 Å². The second-order valence-corrected chi connectivity index (χ2v) is 6.98. The quantitative estimate of drug-likeness (QED) is 0.129. The molecule has 0 spiro atoms. The molecule has 0 heterocycles. The Hall–Kier alpha value is -2.14. The number of aliphatic hydroxyl groups is 1. The lowest BCUT2D eigenvalue weighted by molar-refractivity contribution is -0.161. The number of aliphatic hydroxyl groups excluding tert-OH is 1. The van der Waals surface area contributed by atoms with Crippen LogP contribution in [0.2, 0.25) is 0 Å². The molecule has 0 saturated heterocycles. The van der Waals surface area contributed by atoms with Gasteiger partial charge >= 0.3 is 11.9 Å². The first-order valence-corrected chi connectivity index (χ1v) is 11.4. The summed E-state index contributed by atoms with van der Waals surface area (Å²) >= 11 is 0. The normalized spacial score (nSPS) is 19.0. The largest absolute Gasteiger partial charge is 0.462 e.